The molecule has 1 N–H and O–H groups in total. The van der Waals surface area contributed by atoms with E-state index in [0.29, 0.717) is 0 Å². The average molecular weight is 286 g/mol. The third-order valence-electron chi connectivity index (χ3n) is 3.37. The third kappa shape index (κ3) is 3.65. The Morgan fingerprint density at radius 1 is 1.00 bits per heavy atom. The normalized spacial score (nSPS) is 11.7. The van der Waals surface area contributed by atoms with Crippen LogP contribution in [0.5, 0.6) is 0 Å². The molecule has 2 aromatic carbocycles. The number of aliphatic hydroxyl groups is 1. The molecular formula is C18H22OS. The number of aryl methyl sites for hydroxylation is 1. The molecule has 2 rings (SSSR count). The Labute approximate surface area is 126 Å². The molecule has 0 fully saturated rings. The van der Waals surface area contributed by atoms with Gasteiger partial charge in [0.2, 0.25) is 0 Å². The molecule has 0 heterocycles. The highest BCUT2D eigenvalue weighted by Crippen LogP contribution is 2.32. The van der Waals surface area contributed by atoms with E-state index in [-0.39, 0.29) is 12.0 Å². The van der Waals surface area contributed by atoms with Crippen molar-refractivity contribution in [3.63, 3.8) is 0 Å². The van der Waals surface area contributed by atoms with Crippen LogP contribution in [0.3, 0.4) is 0 Å². The molecule has 0 saturated carbocycles. The SMILES string of the molecule is Cc1cc(CO)ccc1Sc1ccc(C(C)(C)C)cc1. The summed E-state index contributed by atoms with van der Waals surface area (Å²) < 4.78 is 0. The van der Waals surface area contributed by atoms with Crippen molar-refractivity contribution in [1.29, 1.82) is 0 Å². The Morgan fingerprint density at radius 3 is 2.15 bits per heavy atom. The van der Waals surface area contributed by atoms with Gasteiger partial charge in [-0.2, -0.15) is 0 Å². The largest absolute Gasteiger partial charge is 0.392 e. The van der Waals surface area contributed by atoms with Gasteiger partial charge in [-0.1, -0.05) is 56.8 Å². The van der Waals surface area contributed by atoms with Crippen LogP contribution in [0.2, 0.25) is 0 Å². The van der Waals surface area contributed by atoms with E-state index < -0.39 is 0 Å². The number of aliphatic hydroxyl groups excluding tert-OH is 1. The fraction of sp³-hybridized carbons (Fsp3) is 0.333. The van der Waals surface area contributed by atoms with E-state index in [4.69, 9.17) is 5.11 Å². The van der Waals surface area contributed by atoms with Gasteiger partial charge in [0.05, 0.1) is 6.61 Å². The van der Waals surface area contributed by atoms with Gasteiger partial charge in [0.15, 0.2) is 0 Å². The standard InChI is InChI=1S/C18H22OS/c1-13-11-14(12-19)5-10-17(13)20-16-8-6-15(7-9-16)18(2,3)4/h5-11,19H,12H2,1-4H3. The predicted molar refractivity (Wildman–Crippen MR) is 86.4 cm³/mol. The number of hydrogen-bond acceptors (Lipinski definition) is 2. The van der Waals surface area contributed by atoms with Crippen molar-refractivity contribution in [3.8, 4) is 0 Å². The molecule has 1 nitrogen and oxygen atoms in total. The molecule has 0 saturated heterocycles. The van der Waals surface area contributed by atoms with Crippen LogP contribution in [0.1, 0.15) is 37.5 Å². The summed E-state index contributed by atoms with van der Waals surface area (Å²) in [5, 5.41) is 9.14. The molecule has 0 amide bonds. The maximum absolute atomic E-state index is 9.14. The molecule has 0 unspecified atom stereocenters. The fourth-order valence-electron chi connectivity index (χ4n) is 2.07. The Hall–Kier alpha value is -1.25. The van der Waals surface area contributed by atoms with Gasteiger partial charge in [0.25, 0.3) is 0 Å². The zero-order valence-electron chi connectivity index (χ0n) is 12.6. The van der Waals surface area contributed by atoms with E-state index >= 15 is 0 Å². The highest BCUT2D eigenvalue weighted by atomic mass is 32.2. The van der Waals surface area contributed by atoms with Crippen molar-refractivity contribution in [1.82, 2.24) is 0 Å². The van der Waals surface area contributed by atoms with Crippen molar-refractivity contribution < 1.29 is 5.11 Å². The molecule has 20 heavy (non-hydrogen) atoms. The molecule has 0 aliphatic carbocycles. The lowest BCUT2D eigenvalue weighted by Gasteiger charge is -2.19. The van der Waals surface area contributed by atoms with Crippen molar-refractivity contribution in [2.45, 2.75) is 49.5 Å². The summed E-state index contributed by atoms with van der Waals surface area (Å²) >= 11 is 1.77. The van der Waals surface area contributed by atoms with Gasteiger partial charge >= 0.3 is 0 Å². The van der Waals surface area contributed by atoms with Crippen LogP contribution in [0.25, 0.3) is 0 Å². The molecule has 0 bridgehead atoms. The maximum Gasteiger partial charge on any atom is 0.0681 e. The smallest absolute Gasteiger partial charge is 0.0681 e. The topological polar surface area (TPSA) is 20.2 Å². The first-order valence-corrected chi connectivity index (χ1v) is 7.70. The molecule has 2 heteroatoms. The van der Waals surface area contributed by atoms with Crippen molar-refractivity contribution in [2.75, 3.05) is 0 Å². The molecule has 0 spiro atoms. The lowest BCUT2D eigenvalue weighted by atomic mass is 9.87. The van der Waals surface area contributed by atoms with Crippen LogP contribution in [0.4, 0.5) is 0 Å². The van der Waals surface area contributed by atoms with Gasteiger partial charge in [-0.25, -0.2) is 0 Å². The Morgan fingerprint density at radius 2 is 1.65 bits per heavy atom. The molecule has 0 aliphatic rings. The number of rotatable bonds is 3. The molecule has 106 valence electrons. The van der Waals surface area contributed by atoms with E-state index in [2.05, 4.69) is 58.0 Å². The number of benzene rings is 2. The second-order valence-electron chi connectivity index (χ2n) is 6.13. The minimum atomic E-state index is 0.103. The number of hydrogen-bond donors (Lipinski definition) is 1. The van der Waals surface area contributed by atoms with Crippen molar-refractivity contribution >= 4 is 11.8 Å². The summed E-state index contributed by atoms with van der Waals surface area (Å²) in [7, 11) is 0. The Balaban J connectivity index is 2.18. The monoisotopic (exact) mass is 286 g/mol. The second kappa shape index (κ2) is 6.02. The van der Waals surface area contributed by atoms with E-state index in [1.807, 2.05) is 12.1 Å². The van der Waals surface area contributed by atoms with E-state index in [9.17, 15) is 0 Å². The highest BCUT2D eigenvalue weighted by Gasteiger charge is 2.13. The lowest BCUT2D eigenvalue weighted by Crippen LogP contribution is -2.10. The lowest BCUT2D eigenvalue weighted by molar-refractivity contribution is 0.281. The van der Waals surface area contributed by atoms with Crippen LogP contribution in [-0.2, 0) is 12.0 Å². The second-order valence-corrected chi connectivity index (χ2v) is 7.25. The van der Waals surface area contributed by atoms with Gasteiger partial charge in [-0.05, 0) is 47.2 Å². The van der Waals surface area contributed by atoms with Crippen LogP contribution in [-0.4, -0.2) is 5.11 Å². The minimum absolute atomic E-state index is 0.103. The summed E-state index contributed by atoms with van der Waals surface area (Å²) in [4.78, 5) is 2.49. The van der Waals surface area contributed by atoms with Crippen molar-refractivity contribution in [3.05, 3.63) is 59.2 Å². The summed E-state index contributed by atoms with van der Waals surface area (Å²) in [6, 6.07) is 14.9. The zero-order valence-corrected chi connectivity index (χ0v) is 13.4. The van der Waals surface area contributed by atoms with Gasteiger partial charge in [-0.15, -0.1) is 0 Å². The first-order chi connectivity index (χ1) is 9.40. The van der Waals surface area contributed by atoms with E-state index in [1.54, 1.807) is 11.8 Å². The molecule has 2 aromatic rings. The quantitative estimate of drug-likeness (QED) is 0.862. The molecular weight excluding hydrogens is 264 g/mol. The first kappa shape index (κ1) is 15.1. The average Bonchev–Trinajstić information content (AvgIpc) is 2.40. The molecule has 0 aliphatic heterocycles. The van der Waals surface area contributed by atoms with Crippen LogP contribution < -0.4 is 0 Å². The van der Waals surface area contributed by atoms with Crippen molar-refractivity contribution in [2.24, 2.45) is 0 Å². The highest BCUT2D eigenvalue weighted by molar-refractivity contribution is 7.99. The summed E-state index contributed by atoms with van der Waals surface area (Å²) in [5.74, 6) is 0. The Kier molecular flexibility index (Phi) is 4.56. The summed E-state index contributed by atoms with van der Waals surface area (Å²) in [5.41, 5.74) is 3.73. The predicted octanol–water partition coefficient (Wildman–Crippen LogP) is 4.94. The van der Waals surface area contributed by atoms with E-state index in [0.717, 1.165) is 5.56 Å². The first-order valence-electron chi connectivity index (χ1n) is 6.89. The molecule has 0 radical (unpaired) electrons. The zero-order chi connectivity index (χ0) is 14.8. The van der Waals surface area contributed by atoms with Crippen LogP contribution >= 0.6 is 11.8 Å². The molecule has 0 aromatic heterocycles. The van der Waals surface area contributed by atoms with Crippen LogP contribution in [0.15, 0.2) is 52.3 Å². The molecule has 0 atom stereocenters. The van der Waals surface area contributed by atoms with E-state index in [1.165, 1.54) is 20.9 Å². The van der Waals surface area contributed by atoms with Gasteiger partial charge in [0.1, 0.15) is 0 Å². The summed E-state index contributed by atoms with van der Waals surface area (Å²) in [6.45, 7) is 8.88. The summed E-state index contributed by atoms with van der Waals surface area (Å²) in [6.07, 6.45) is 0. The van der Waals surface area contributed by atoms with Gasteiger partial charge < -0.3 is 5.11 Å². The minimum Gasteiger partial charge on any atom is -0.392 e. The Bertz CT molecular complexity index is 579. The fourth-order valence-corrected chi connectivity index (χ4v) is 2.96. The van der Waals surface area contributed by atoms with Gasteiger partial charge in [0, 0.05) is 9.79 Å². The van der Waals surface area contributed by atoms with Gasteiger partial charge in [-0.3, -0.25) is 0 Å². The van der Waals surface area contributed by atoms with Crippen LogP contribution in [0, 0.1) is 6.92 Å². The maximum atomic E-state index is 9.14. The third-order valence-corrected chi connectivity index (χ3v) is 4.56.